The molecule has 0 radical (unpaired) electrons. The second-order valence-corrected chi connectivity index (χ2v) is 24.1. The van der Waals surface area contributed by atoms with Gasteiger partial charge in [-0.05, 0) is 124 Å². The number of nitrogens with zero attached hydrogens (tertiary/aromatic N) is 12. The highest BCUT2D eigenvalue weighted by Gasteiger charge is 2.15. The molecule has 0 unspecified atom stereocenters. The van der Waals surface area contributed by atoms with Gasteiger partial charge in [-0.3, -0.25) is 9.97 Å². The van der Waals surface area contributed by atoms with Crippen molar-refractivity contribution in [3.63, 3.8) is 0 Å². The molecule has 0 aliphatic rings. The molecule has 98 heavy (non-hydrogen) atoms. The monoisotopic (exact) mass is 1250 g/mol. The summed E-state index contributed by atoms with van der Waals surface area (Å²) in [6.07, 6.45) is 10.2. The van der Waals surface area contributed by atoms with Crippen LogP contribution >= 0.6 is 0 Å². The van der Waals surface area contributed by atoms with E-state index in [2.05, 4.69) is 254 Å². The number of hydrogen-bond donors (Lipinski definition) is 0. The van der Waals surface area contributed by atoms with Gasteiger partial charge in [-0.25, -0.2) is 49.8 Å². The van der Waals surface area contributed by atoms with Gasteiger partial charge in [0, 0.05) is 90.1 Å². The molecule has 0 fully saturated rings. The third-order valence-corrected chi connectivity index (χ3v) is 18.1. The van der Waals surface area contributed by atoms with Crippen molar-refractivity contribution in [3.05, 3.63) is 316 Å². The molecule has 0 aliphatic heterocycles. The van der Waals surface area contributed by atoms with Crippen molar-refractivity contribution < 1.29 is 0 Å². The van der Waals surface area contributed by atoms with Gasteiger partial charge in [0.1, 0.15) is 12.7 Å². The van der Waals surface area contributed by atoms with Gasteiger partial charge in [-0.1, -0.05) is 188 Å². The summed E-state index contributed by atoms with van der Waals surface area (Å²) in [5.41, 5.74) is 25.2. The molecule has 0 saturated heterocycles. The topological polar surface area (TPSA) is 155 Å². The molecule has 10 aromatic heterocycles. The molecule has 19 rings (SSSR count). The van der Waals surface area contributed by atoms with Crippen molar-refractivity contribution in [3.8, 4) is 101 Å². The maximum absolute atomic E-state index is 5.15. The molecule has 19 aromatic rings. The van der Waals surface area contributed by atoms with Crippen molar-refractivity contribution in [1.82, 2.24) is 59.8 Å². The van der Waals surface area contributed by atoms with Crippen LogP contribution in [0.4, 0.5) is 0 Å². The van der Waals surface area contributed by atoms with Crippen LogP contribution in [0.5, 0.6) is 0 Å². The fourth-order valence-corrected chi connectivity index (χ4v) is 13.0. The Bertz CT molecular complexity index is 6300. The van der Waals surface area contributed by atoms with Crippen LogP contribution in [0.15, 0.2) is 316 Å². The maximum Gasteiger partial charge on any atom is 0.116 e. The summed E-state index contributed by atoms with van der Waals surface area (Å²) < 4.78 is 0. The lowest BCUT2D eigenvalue weighted by atomic mass is 9.95. The van der Waals surface area contributed by atoms with Crippen LogP contribution in [0, 0.1) is 0 Å². The standard InChI is InChI=1S/C46H28N6.C40H24N6/c1-2-4-30(5-3-1)38-21-18-34-12-13-35-19-22-39(52-46(35)45(34)51-38)31-8-6-29(7-9-31)36-14-10-32-16-20-40(49-43(32)26-36)37-15-11-33-17-23-42(50-44(33)27-37)41-24-25-47-28-48-41;1-3-31-21-33(32-4-2-19-43-40(32)39(31)42-18-1)26-7-5-25(6-8-26)29-11-9-27-13-15-34(45-37(27)22-29)30-12-10-28-14-16-36(46-38(28)23-30)35-17-20-41-24-44-35/h1-28H;1-24H. The van der Waals surface area contributed by atoms with Crippen molar-refractivity contribution in [2.45, 2.75) is 0 Å². The summed E-state index contributed by atoms with van der Waals surface area (Å²) in [5.74, 6) is 0. The SMILES string of the molecule is c1ccc(-c2ccc3ccc4ccc(-c5ccc(-c6ccc7ccc(-c8ccc9ccc(-c%10ccncn%10)nc9c8)nc7c6)cc5)nc4c3n2)cc1.c1cnc2c(c1)cc(-c1ccc(-c3ccc4ccc(-c5ccc6ccc(-c7ccncn7)nc6c5)nc4c3)cc1)c1cccnc12. The van der Waals surface area contributed by atoms with Gasteiger partial charge < -0.3 is 0 Å². The van der Waals surface area contributed by atoms with Gasteiger partial charge in [0.2, 0.25) is 0 Å². The molecule has 0 amide bonds. The second kappa shape index (κ2) is 24.4. The minimum Gasteiger partial charge on any atom is -0.254 e. The van der Waals surface area contributed by atoms with Crippen LogP contribution in [0.2, 0.25) is 0 Å². The zero-order valence-corrected chi connectivity index (χ0v) is 52.4. The van der Waals surface area contributed by atoms with Crippen LogP contribution in [-0.2, 0) is 0 Å². The molecule has 12 heteroatoms. The Kier molecular flexibility index (Phi) is 14.2. The average molecular weight is 1250 g/mol. The van der Waals surface area contributed by atoms with Gasteiger partial charge >= 0.3 is 0 Å². The Hall–Kier alpha value is -13.6. The predicted octanol–water partition coefficient (Wildman–Crippen LogP) is 20.3. The van der Waals surface area contributed by atoms with Crippen molar-refractivity contribution in [1.29, 1.82) is 0 Å². The molecular weight excluding hydrogens is 1200 g/mol. The molecule has 0 atom stereocenters. The van der Waals surface area contributed by atoms with Gasteiger partial charge in [0.25, 0.3) is 0 Å². The first-order valence-corrected chi connectivity index (χ1v) is 32.3. The number of fused-ring (bicyclic) bond motifs is 10. The molecule has 9 aromatic carbocycles. The van der Waals surface area contributed by atoms with Crippen molar-refractivity contribution >= 4 is 87.2 Å². The highest BCUT2D eigenvalue weighted by molar-refractivity contribution is 6.10. The molecule has 10 heterocycles. The number of pyridine rings is 8. The molecule has 456 valence electrons. The third kappa shape index (κ3) is 10.9. The van der Waals surface area contributed by atoms with E-state index < -0.39 is 0 Å². The van der Waals surface area contributed by atoms with Crippen LogP contribution in [-0.4, -0.2) is 59.8 Å². The fraction of sp³-hybridized carbons (Fsp3) is 0. The first-order chi connectivity index (χ1) is 48.5. The van der Waals surface area contributed by atoms with E-state index in [1.165, 1.54) is 0 Å². The Balaban J connectivity index is 0.000000143. The molecule has 12 nitrogen and oxygen atoms in total. The Morgan fingerprint density at radius 2 is 0.561 bits per heavy atom. The van der Waals surface area contributed by atoms with E-state index in [9.17, 15) is 0 Å². The highest BCUT2D eigenvalue weighted by Crippen LogP contribution is 2.37. The predicted molar refractivity (Wildman–Crippen MR) is 395 cm³/mol. The summed E-state index contributed by atoms with van der Waals surface area (Å²) in [5, 5.41) is 8.64. The van der Waals surface area contributed by atoms with E-state index in [1.54, 1.807) is 25.0 Å². The van der Waals surface area contributed by atoms with Gasteiger partial charge in [-0.15, -0.1) is 0 Å². The van der Waals surface area contributed by atoms with E-state index >= 15 is 0 Å². The number of rotatable bonds is 9. The summed E-state index contributed by atoms with van der Waals surface area (Å²) in [4.78, 5) is 56.2. The Morgan fingerprint density at radius 1 is 0.184 bits per heavy atom. The summed E-state index contributed by atoms with van der Waals surface area (Å²) in [6, 6.07) is 96.5. The fourth-order valence-electron chi connectivity index (χ4n) is 13.0. The summed E-state index contributed by atoms with van der Waals surface area (Å²) in [6.45, 7) is 0. The largest absolute Gasteiger partial charge is 0.254 e. The van der Waals surface area contributed by atoms with Gasteiger partial charge in [-0.2, -0.15) is 0 Å². The van der Waals surface area contributed by atoms with E-state index in [0.717, 1.165) is 188 Å². The lowest BCUT2D eigenvalue weighted by Crippen LogP contribution is -1.91. The average Bonchev–Trinajstić information content (AvgIpc) is 0.780. The van der Waals surface area contributed by atoms with Gasteiger partial charge in [0.05, 0.1) is 89.7 Å². The van der Waals surface area contributed by atoms with Crippen LogP contribution in [0.1, 0.15) is 0 Å². The minimum atomic E-state index is 0.795. The zero-order valence-electron chi connectivity index (χ0n) is 52.4. The molecule has 0 aliphatic carbocycles. The molecule has 0 saturated carbocycles. The number of hydrogen-bond acceptors (Lipinski definition) is 12. The quantitative estimate of drug-likeness (QED) is 0.126. The summed E-state index contributed by atoms with van der Waals surface area (Å²) in [7, 11) is 0. The first kappa shape index (κ1) is 57.1. The first-order valence-electron chi connectivity index (χ1n) is 32.3. The lowest BCUT2D eigenvalue weighted by Gasteiger charge is -2.11. The smallest absolute Gasteiger partial charge is 0.116 e. The zero-order chi connectivity index (χ0) is 64.9. The van der Waals surface area contributed by atoms with Gasteiger partial charge in [0.15, 0.2) is 0 Å². The van der Waals surface area contributed by atoms with Crippen LogP contribution in [0.25, 0.3) is 188 Å². The normalized spacial score (nSPS) is 11.5. The highest BCUT2D eigenvalue weighted by atomic mass is 14.9. The van der Waals surface area contributed by atoms with E-state index in [-0.39, 0.29) is 0 Å². The minimum absolute atomic E-state index is 0.795. The molecular formula is C86H52N12. The number of aromatic nitrogens is 12. The van der Waals surface area contributed by atoms with Crippen molar-refractivity contribution in [2.24, 2.45) is 0 Å². The maximum atomic E-state index is 5.15. The van der Waals surface area contributed by atoms with E-state index in [1.807, 2.05) is 67.0 Å². The third-order valence-electron chi connectivity index (χ3n) is 18.1. The van der Waals surface area contributed by atoms with E-state index in [4.69, 9.17) is 29.9 Å². The number of benzene rings is 9. The van der Waals surface area contributed by atoms with Crippen molar-refractivity contribution in [2.75, 3.05) is 0 Å². The molecule has 0 spiro atoms. The lowest BCUT2D eigenvalue weighted by molar-refractivity contribution is 1.16. The van der Waals surface area contributed by atoms with E-state index in [0.29, 0.717) is 0 Å². The van der Waals surface area contributed by atoms with Crippen LogP contribution < -0.4 is 0 Å². The Labute approximate surface area is 561 Å². The van der Waals surface area contributed by atoms with Crippen LogP contribution in [0.3, 0.4) is 0 Å². The molecule has 0 bridgehead atoms. The second-order valence-electron chi connectivity index (χ2n) is 24.1. The summed E-state index contributed by atoms with van der Waals surface area (Å²) >= 11 is 0. The Morgan fingerprint density at radius 3 is 1.06 bits per heavy atom. The molecule has 0 N–H and O–H groups in total.